The molecule has 1 atom stereocenters. The van der Waals surface area contributed by atoms with Gasteiger partial charge in [-0.15, -0.1) is 0 Å². The third-order valence-corrected chi connectivity index (χ3v) is 2.76. The van der Waals surface area contributed by atoms with Crippen molar-refractivity contribution in [2.75, 3.05) is 13.1 Å². The lowest BCUT2D eigenvalue weighted by molar-refractivity contribution is 0.0690. The molecule has 5 nitrogen and oxygen atoms in total. The predicted octanol–water partition coefficient (Wildman–Crippen LogP) is 0.650. The van der Waals surface area contributed by atoms with Crippen molar-refractivity contribution in [1.82, 2.24) is 15.5 Å². The molecule has 15 heavy (non-hydrogen) atoms. The van der Waals surface area contributed by atoms with E-state index in [0.29, 0.717) is 5.92 Å². The molecular weight excluding hydrogens is 194 g/mol. The number of carbonyl (C=O) groups is 1. The topological polar surface area (TPSA) is 78.0 Å². The third-order valence-electron chi connectivity index (χ3n) is 2.76. The van der Waals surface area contributed by atoms with Crippen LogP contribution in [0.2, 0.25) is 0 Å². The molecule has 3 N–H and O–H groups in total. The molecular formula is C10H15N3O2. The molecule has 0 radical (unpaired) electrons. The normalized spacial score (nSPS) is 21.5. The van der Waals surface area contributed by atoms with Gasteiger partial charge in [-0.2, -0.15) is 5.10 Å². The zero-order valence-electron chi connectivity index (χ0n) is 8.49. The lowest BCUT2D eigenvalue weighted by atomic mass is 9.95. The number of nitrogens with one attached hydrogen (secondary N) is 2. The Morgan fingerprint density at radius 3 is 3.13 bits per heavy atom. The molecule has 1 unspecified atom stereocenters. The van der Waals surface area contributed by atoms with Crippen LogP contribution in [0.1, 0.15) is 29.0 Å². The molecule has 1 aromatic heterocycles. The Labute approximate surface area is 87.9 Å². The van der Waals surface area contributed by atoms with Crippen LogP contribution in [0.25, 0.3) is 0 Å². The maximum Gasteiger partial charge on any atom is 0.356 e. The van der Waals surface area contributed by atoms with E-state index >= 15 is 0 Å². The lowest BCUT2D eigenvalue weighted by Crippen LogP contribution is -2.30. The first-order valence-electron chi connectivity index (χ1n) is 5.24. The number of nitrogens with zero attached hydrogens (tertiary/aromatic N) is 1. The van der Waals surface area contributed by atoms with Gasteiger partial charge in [0.15, 0.2) is 5.69 Å². The fourth-order valence-electron chi connectivity index (χ4n) is 1.98. The van der Waals surface area contributed by atoms with Crippen LogP contribution in [-0.2, 0) is 6.42 Å². The summed E-state index contributed by atoms with van der Waals surface area (Å²) in [6, 6.07) is 1.62. The predicted molar refractivity (Wildman–Crippen MR) is 54.8 cm³/mol. The van der Waals surface area contributed by atoms with Crippen molar-refractivity contribution in [1.29, 1.82) is 0 Å². The summed E-state index contributed by atoms with van der Waals surface area (Å²) in [6.07, 6.45) is 3.28. The Morgan fingerprint density at radius 1 is 1.67 bits per heavy atom. The van der Waals surface area contributed by atoms with Crippen molar-refractivity contribution in [3.05, 3.63) is 17.5 Å². The maximum absolute atomic E-state index is 10.6. The average Bonchev–Trinajstić information content (AvgIpc) is 2.68. The number of hydrogen-bond acceptors (Lipinski definition) is 3. The Hall–Kier alpha value is -1.36. The summed E-state index contributed by atoms with van der Waals surface area (Å²) >= 11 is 0. The average molecular weight is 209 g/mol. The van der Waals surface area contributed by atoms with Gasteiger partial charge in [0.05, 0.1) is 0 Å². The summed E-state index contributed by atoms with van der Waals surface area (Å²) in [5.74, 6) is -0.375. The largest absolute Gasteiger partial charge is 0.476 e. The summed E-state index contributed by atoms with van der Waals surface area (Å²) in [4.78, 5) is 10.6. The van der Waals surface area contributed by atoms with E-state index < -0.39 is 5.97 Å². The number of piperidine rings is 1. The van der Waals surface area contributed by atoms with E-state index in [1.165, 1.54) is 12.8 Å². The molecule has 1 aromatic rings. The first kappa shape index (κ1) is 10.2. The van der Waals surface area contributed by atoms with E-state index in [0.717, 1.165) is 25.2 Å². The molecule has 0 saturated carbocycles. The number of aromatic nitrogens is 2. The van der Waals surface area contributed by atoms with E-state index in [4.69, 9.17) is 5.11 Å². The Balaban J connectivity index is 1.94. The molecule has 1 fully saturated rings. The number of carboxylic acids is 1. The quantitative estimate of drug-likeness (QED) is 0.683. The van der Waals surface area contributed by atoms with Gasteiger partial charge < -0.3 is 10.4 Å². The SMILES string of the molecule is O=C(O)c1cc(CC2CCCNC2)[nH]n1. The zero-order valence-corrected chi connectivity index (χ0v) is 8.49. The first-order valence-corrected chi connectivity index (χ1v) is 5.24. The highest BCUT2D eigenvalue weighted by Gasteiger charge is 2.15. The fourth-order valence-corrected chi connectivity index (χ4v) is 1.98. The van der Waals surface area contributed by atoms with Crippen molar-refractivity contribution in [3.8, 4) is 0 Å². The van der Waals surface area contributed by atoms with Gasteiger partial charge in [0.2, 0.25) is 0 Å². The van der Waals surface area contributed by atoms with Crippen LogP contribution in [0.4, 0.5) is 0 Å². The monoisotopic (exact) mass is 209 g/mol. The van der Waals surface area contributed by atoms with Crippen LogP contribution >= 0.6 is 0 Å². The molecule has 5 heteroatoms. The summed E-state index contributed by atoms with van der Waals surface area (Å²) in [5, 5.41) is 18.6. The number of aromatic amines is 1. The van der Waals surface area contributed by atoms with Crippen molar-refractivity contribution in [3.63, 3.8) is 0 Å². The molecule has 0 bridgehead atoms. The van der Waals surface area contributed by atoms with Crippen LogP contribution in [0, 0.1) is 5.92 Å². The molecule has 0 amide bonds. The van der Waals surface area contributed by atoms with Gasteiger partial charge in [0.25, 0.3) is 0 Å². The van der Waals surface area contributed by atoms with Gasteiger partial charge in [-0.3, -0.25) is 5.10 Å². The van der Waals surface area contributed by atoms with E-state index in [9.17, 15) is 4.79 Å². The van der Waals surface area contributed by atoms with E-state index in [1.807, 2.05) is 0 Å². The molecule has 82 valence electrons. The van der Waals surface area contributed by atoms with Gasteiger partial charge in [0, 0.05) is 5.69 Å². The van der Waals surface area contributed by atoms with Crippen LogP contribution < -0.4 is 5.32 Å². The van der Waals surface area contributed by atoms with Gasteiger partial charge in [-0.25, -0.2) is 4.79 Å². The van der Waals surface area contributed by atoms with Crippen LogP contribution in [-0.4, -0.2) is 34.4 Å². The first-order chi connectivity index (χ1) is 7.25. The smallest absolute Gasteiger partial charge is 0.356 e. The van der Waals surface area contributed by atoms with Crippen molar-refractivity contribution in [2.24, 2.45) is 5.92 Å². The zero-order chi connectivity index (χ0) is 10.7. The lowest BCUT2D eigenvalue weighted by Gasteiger charge is -2.21. The molecule has 1 aliphatic rings. The molecule has 1 saturated heterocycles. The maximum atomic E-state index is 10.6. The standard InChI is InChI=1S/C10H15N3O2/c14-10(15)9-5-8(12-13-9)4-7-2-1-3-11-6-7/h5,7,11H,1-4,6H2,(H,12,13)(H,14,15). The van der Waals surface area contributed by atoms with Gasteiger partial charge in [-0.1, -0.05) is 0 Å². The van der Waals surface area contributed by atoms with Crippen LogP contribution in [0.3, 0.4) is 0 Å². The number of carboxylic acid groups (broad SMARTS) is 1. The summed E-state index contributed by atoms with van der Waals surface area (Å²) in [6.45, 7) is 2.11. The minimum absolute atomic E-state index is 0.105. The van der Waals surface area contributed by atoms with Gasteiger partial charge in [0.1, 0.15) is 0 Å². The van der Waals surface area contributed by atoms with Gasteiger partial charge >= 0.3 is 5.97 Å². The van der Waals surface area contributed by atoms with Crippen molar-refractivity contribution in [2.45, 2.75) is 19.3 Å². The Bertz CT molecular complexity index is 342. The Kier molecular flexibility index (Phi) is 3.01. The third kappa shape index (κ3) is 2.56. The van der Waals surface area contributed by atoms with Crippen molar-refractivity contribution >= 4 is 5.97 Å². The molecule has 0 aliphatic carbocycles. The second-order valence-corrected chi connectivity index (χ2v) is 4.00. The summed E-state index contributed by atoms with van der Waals surface area (Å²) in [7, 11) is 0. The van der Waals surface area contributed by atoms with Crippen LogP contribution in [0.5, 0.6) is 0 Å². The molecule has 2 rings (SSSR count). The molecule has 1 aliphatic heterocycles. The number of rotatable bonds is 3. The fraction of sp³-hybridized carbons (Fsp3) is 0.600. The van der Waals surface area contributed by atoms with E-state index in [2.05, 4.69) is 15.5 Å². The summed E-state index contributed by atoms with van der Waals surface area (Å²) in [5.41, 5.74) is 1.02. The number of H-pyrrole nitrogens is 1. The second-order valence-electron chi connectivity index (χ2n) is 4.00. The highest BCUT2D eigenvalue weighted by atomic mass is 16.4. The highest BCUT2D eigenvalue weighted by Crippen LogP contribution is 2.15. The number of hydrogen-bond donors (Lipinski definition) is 3. The van der Waals surface area contributed by atoms with Crippen molar-refractivity contribution < 1.29 is 9.90 Å². The summed E-state index contributed by atoms with van der Waals surface area (Å²) < 4.78 is 0. The number of aromatic carboxylic acids is 1. The van der Waals surface area contributed by atoms with Gasteiger partial charge in [-0.05, 0) is 44.3 Å². The van der Waals surface area contributed by atoms with E-state index in [1.54, 1.807) is 6.07 Å². The molecule has 2 heterocycles. The molecule has 0 aromatic carbocycles. The highest BCUT2D eigenvalue weighted by molar-refractivity contribution is 5.85. The Morgan fingerprint density at radius 2 is 2.53 bits per heavy atom. The minimum Gasteiger partial charge on any atom is -0.476 e. The minimum atomic E-state index is -0.973. The second kappa shape index (κ2) is 4.44. The van der Waals surface area contributed by atoms with E-state index in [-0.39, 0.29) is 5.69 Å². The molecule has 0 spiro atoms. The van der Waals surface area contributed by atoms with Crippen LogP contribution in [0.15, 0.2) is 6.07 Å².